The van der Waals surface area contributed by atoms with Crippen molar-refractivity contribution in [2.24, 2.45) is 11.1 Å². The molecule has 7 heteroatoms. The van der Waals surface area contributed by atoms with Crippen molar-refractivity contribution in [1.82, 2.24) is 5.32 Å². The van der Waals surface area contributed by atoms with Gasteiger partial charge in [-0.3, -0.25) is 4.79 Å². The molecular formula is C12H19N3O3S. The third-order valence-electron chi connectivity index (χ3n) is 2.72. The van der Waals surface area contributed by atoms with E-state index in [4.69, 9.17) is 5.14 Å². The van der Waals surface area contributed by atoms with Gasteiger partial charge in [0.2, 0.25) is 15.9 Å². The summed E-state index contributed by atoms with van der Waals surface area (Å²) in [5.74, 6) is -0.400. The molecule has 0 radical (unpaired) electrons. The van der Waals surface area contributed by atoms with E-state index in [1.54, 1.807) is 33.0 Å². The molecule has 1 amide bonds. The molecule has 0 fully saturated rings. The number of aryl methyl sites for hydroxylation is 1. The first-order valence-electron chi connectivity index (χ1n) is 5.84. The predicted molar refractivity (Wildman–Crippen MR) is 74.3 cm³/mol. The number of nitrogens with two attached hydrogens (primary N) is 1. The van der Waals surface area contributed by atoms with Gasteiger partial charge in [0.25, 0.3) is 0 Å². The zero-order chi connectivity index (χ0) is 14.6. The van der Waals surface area contributed by atoms with E-state index in [-0.39, 0.29) is 16.7 Å². The summed E-state index contributed by atoms with van der Waals surface area (Å²) in [5, 5.41) is 10.7. The number of carbonyl (C=O) groups excluding carboxylic acids is 1. The predicted octanol–water partition coefficient (Wildman–Crippen LogP) is 0.436. The fraction of sp³-hybridized carbons (Fsp3) is 0.417. The number of sulfonamides is 1. The molecule has 106 valence electrons. The van der Waals surface area contributed by atoms with Crippen molar-refractivity contribution in [3.8, 4) is 0 Å². The minimum Gasteiger partial charge on any atom is -0.326 e. The highest BCUT2D eigenvalue weighted by Gasteiger charge is 2.15. The molecule has 0 spiro atoms. The van der Waals surface area contributed by atoms with Crippen molar-refractivity contribution in [3.05, 3.63) is 23.8 Å². The molecule has 1 rings (SSSR count). The quantitative estimate of drug-likeness (QED) is 0.730. The molecule has 0 saturated carbocycles. The fourth-order valence-corrected chi connectivity index (χ4v) is 2.46. The van der Waals surface area contributed by atoms with Gasteiger partial charge in [-0.25, -0.2) is 13.6 Å². The monoisotopic (exact) mass is 285 g/mol. The van der Waals surface area contributed by atoms with Gasteiger partial charge in [-0.05, 0) is 31.7 Å². The van der Waals surface area contributed by atoms with Crippen LogP contribution >= 0.6 is 0 Å². The lowest BCUT2D eigenvalue weighted by Crippen LogP contribution is -2.28. The lowest BCUT2D eigenvalue weighted by molar-refractivity contribution is -0.119. The molecule has 0 bridgehead atoms. The average molecular weight is 285 g/mol. The maximum absolute atomic E-state index is 11.8. The first kappa shape index (κ1) is 15.6. The van der Waals surface area contributed by atoms with E-state index in [2.05, 4.69) is 10.6 Å². The second-order valence-corrected chi connectivity index (χ2v) is 6.00. The molecule has 4 N–H and O–H groups in total. The normalized spacial score (nSPS) is 13.1. The van der Waals surface area contributed by atoms with Gasteiger partial charge in [-0.15, -0.1) is 0 Å². The third kappa shape index (κ3) is 4.30. The van der Waals surface area contributed by atoms with E-state index >= 15 is 0 Å². The van der Waals surface area contributed by atoms with Crippen molar-refractivity contribution in [2.45, 2.75) is 18.7 Å². The molecule has 0 aliphatic rings. The van der Waals surface area contributed by atoms with Gasteiger partial charge < -0.3 is 10.6 Å². The molecular weight excluding hydrogens is 266 g/mol. The zero-order valence-electron chi connectivity index (χ0n) is 11.2. The summed E-state index contributed by atoms with van der Waals surface area (Å²) in [5.41, 5.74) is 0.964. The number of nitrogens with one attached hydrogen (secondary N) is 2. The number of anilines is 1. The molecule has 0 aromatic heterocycles. The van der Waals surface area contributed by atoms with Gasteiger partial charge in [0.15, 0.2) is 0 Å². The number of hydrogen-bond donors (Lipinski definition) is 3. The second-order valence-electron chi connectivity index (χ2n) is 4.47. The molecule has 0 saturated heterocycles. The van der Waals surface area contributed by atoms with Crippen molar-refractivity contribution in [3.63, 3.8) is 0 Å². The summed E-state index contributed by atoms with van der Waals surface area (Å²) < 4.78 is 22.8. The van der Waals surface area contributed by atoms with Crippen LogP contribution in [0.1, 0.15) is 12.5 Å². The van der Waals surface area contributed by atoms with Gasteiger partial charge in [0.05, 0.1) is 4.90 Å². The van der Waals surface area contributed by atoms with E-state index in [0.717, 1.165) is 0 Å². The van der Waals surface area contributed by atoms with Crippen LogP contribution in [0, 0.1) is 12.8 Å². The lowest BCUT2D eigenvalue weighted by atomic mass is 10.1. The van der Waals surface area contributed by atoms with E-state index < -0.39 is 10.0 Å². The number of hydrogen-bond acceptors (Lipinski definition) is 4. The number of benzene rings is 1. The van der Waals surface area contributed by atoms with Crippen molar-refractivity contribution in [2.75, 3.05) is 18.9 Å². The molecule has 6 nitrogen and oxygen atoms in total. The minimum absolute atomic E-state index is 0.0200. The van der Waals surface area contributed by atoms with Gasteiger partial charge in [-0.1, -0.05) is 13.0 Å². The van der Waals surface area contributed by atoms with Crippen LogP contribution in [0.4, 0.5) is 5.69 Å². The maximum Gasteiger partial charge on any atom is 0.238 e. The topological polar surface area (TPSA) is 101 Å². The summed E-state index contributed by atoms with van der Waals surface area (Å²) in [6.07, 6.45) is 0. The standard InChI is InChI=1S/C12H19N3O3S/c1-8-4-5-10(6-11(8)19(13,17)18)15-12(16)9(2)7-14-3/h4-6,9,14H,7H2,1-3H3,(H,15,16)(H2,13,17,18). The fourth-order valence-electron chi connectivity index (χ4n) is 1.65. The largest absolute Gasteiger partial charge is 0.326 e. The highest BCUT2D eigenvalue weighted by Crippen LogP contribution is 2.19. The van der Waals surface area contributed by atoms with E-state index in [1.807, 2.05) is 0 Å². The Labute approximate surface area is 113 Å². The van der Waals surface area contributed by atoms with E-state index in [9.17, 15) is 13.2 Å². The van der Waals surface area contributed by atoms with Crippen LogP contribution < -0.4 is 15.8 Å². The third-order valence-corrected chi connectivity index (χ3v) is 3.77. The van der Waals surface area contributed by atoms with Crippen LogP contribution in [-0.4, -0.2) is 27.9 Å². The van der Waals surface area contributed by atoms with E-state index in [0.29, 0.717) is 17.8 Å². The highest BCUT2D eigenvalue weighted by molar-refractivity contribution is 7.89. The van der Waals surface area contributed by atoms with Crippen molar-refractivity contribution < 1.29 is 13.2 Å². The Balaban J connectivity index is 2.95. The Hall–Kier alpha value is -1.44. The van der Waals surface area contributed by atoms with Crippen LogP contribution in [-0.2, 0) is 14.8 Å². The minimum atomic E-state index is -3.79. The molecule has 1 unspecified atom stereocenters. The lowest BCUT2D eigenvalue weighted by Gasteiger charge is -2.13. The van der Waals surface area contributed by atoms with E-state index in [1.165, 1.54) is 6.07 Å². The Bertz CT molecular complexity index is 570. The van der Waals surface area contributed by atoms with Crippen LogP contribution in [0.25, 0.3) is 0 Å². The van der Waals surface area contributed by atoms with Crippen LogP contribution in [0.15, 0.2) is 23.1 Å². The Morgan fingerprint density at radius 3 is 2.58 bits per heavy atom. The van der Waals surface area contributed by atoms with Crippen LogP contribution in [0.2, 0.25) is 0 Å². The van der Waals surface area contributed by atoms with Gasteiger partial charge >= 0.3 is 0 Å². The van der Waals surface area contributed by atoms with Gasteiger partial charge in [0.1, 0.15) is 0 Å². The number of primary sulfonamides is 1. The van der Waals surface area contributed by atoms with Crippen LogP contribution in [0.5, 0.6) is 0 Å². The average Bonchev–Trinajstić information content (AvgIpc) is 2.30. The molecule has 0 aliphatic carbocycles. The van der Waals surface area contributed by atoms with Gasteiger partial charge in [0, 0.05) is 18.2 Å². The Morgan fingerprint density at radius 2 is 2.05 bits per heavy atom. The number of carbonyl (C=O) groups is 1. The molecule has 0 heterocycles. The second kappa shape index (κ2) is 6.14. The van der Waals surface area contributed by atoms with Gasteiger partial charge in [-0.2, -0.15) is 0 Å². The molecule has 1 aromatic rings. The number of rotatable bonds is 5. The maximum atomic E-state index is 11.8. The molecule has 1 atom stereocenters. The summed E-state index contributed by atoms with van der Waals surface area (Å²) >= 11 is 0. The smallest absolute Gasteiger partial charge is 0.238 e. The Morgan fingerprint density at radius 1 is 1.42 bits per heavy atom. The summed E-state index contributed by atoms with van der Waals surface area (Å²) in [4.78, 5) is 11.8. The molecule has 19 heavy (non-hydrogen) atoms. The molecule has 0 aliphatic heterocycles. The SMILES string of the molecule is CNCC(C)C(=O)Nc1ccc(C)c(S(N)(=O)=O)c1. The summed E-state index contributed by atoms with van der Waals surface area (Å²) in [6.45, 7) is 3.97. The molecule has 1 aromatic carbocycles. The first-order chi connectivity index (χ1) is 8.75. The van der Waals surface area contributed by atoms with Crippen molar-refractivity contribution >= 4 is 21.6 Å². The Kier molecular flexibility index (Phi) is 5.04. The first-order valence-corrected chi connectivity index (χ1v) is 7.39. The highest BCUT2D eigenvalue weighted by atomic mass is 32.2. The van der Waals surface area contributed by atoms with Crippen LogP contribution in [0.3, 0.4) is 0 Å². The summed E-state index contributed by atoms with van der Waals surface area (Å²) in [6, 6.07) is 4.63. The van der Waals surface area contributed by atoms with Crippen molar-refractivity contribution in [1.29, 1.82) is 0 Å². The zero-order valence-corrected chi connectivity index (χ0v) is 12.0. The summed E-state index contributed by atoms with van der Waals surface area (Å²) in [7, 11) is -2.03. The number of amides is 1.